The van der Waals surface area contributed by atoms with E-state index >= 15 is 0 Å². The van der Waals surface area contributed by atoms with Crippen LogP contribution in [-0.4, -0.2) is 17.6 Å². The highest BCUT2D eigenvalue weighted by molar-refractivity contribution is 14.1. The quantitative estimate of drug-likeness (QED) is 0.812. The first-order valence-electron chi connectivity index (χ1n) is 4.99. The van der Waals surface area contributed by atoms with Gasteiger partial charge in [-0.25, -0.2) is 0 Å². The second-order valence-electron chi connectivity index (χ2n) is 4.04. The Morgan fingerprint density at radius 1 is 1.24 bits per heavy atom. The Labute approximate surface area is 110 Å². The normalized spacial score (nSPS) is 17.6. The fourth-order valence-electron chi connectivity index (χ4n) is 1.50. The molecule has 0 unspecified atom stereocenters. The van der Waals surface area contributed by atoms with Crippen LogP contribution in [-0.2, 0) is 0 Å². The highest BCUT2D eigenvalue weighted by Crippen LogP contribution is 2.49. The van der Waals surface area contributed by atoms with Gasteiger partial charge in [-0.1, -0.05) is 0 Å². The van der Waals surface area contributed by atoms with Crippen LogP contribution in [0.1, 0.15) is 23.2 Å². The predicted octanol–water partition coefficient (Wildman–Crippen LogP) is 3.12. The molecule has 0 radical (unpaired) electrons. The molecule has 1 aromatic carbocycles. The van der Waals surface area contributed by atoms with Crippen LogP contribution in [0, 0.1) is 3.57 Å². The topological polar surface area (TPSA) is 29.1 Å². The van der Waals surface area contributed by atoms with Crippen LogP contribution in [0.15, 0.2) is 24.3 Å². The number of rotatable bonds is 2. The lowest BCUT2D eigenvalue weighted by molar-refractivity contribution is -0.163. The minimum atomic E-state index is -4.37. The van der Waals surface area contributed by atoms with E-state index in [2.05, 4.69) is 27.9 Å². The Morgan fingerprint density at radius 2 is 1.76 bits per heavy atom. The molecule has 1 aliphatic carbocycles. The van der Waals surface area contributed by atoms with E-state index in [-0.39, 0.29) is 18.4 Å². The van der Waals surface area contributed by atoms with Crippen molar-refractivity contribution >= 4 is 28.5 Å². The van der Waals surface area contributed by atoms with E-state index in [1.165, 1.54) is 12.1 Å². The number of carbonyl (C=O) groups is 1. The van der Waals surface area contributed by atoms with E-state index in [9.17, 15) is 18.0 Å². The first-order chi connectivity index (χ1) is 7.84. The first-order valence-corrected chi connectivity index (χ1v) is 6.07. The van der Waals surface area contributed by atoms with Crippen molar-refractivity contribution in [2.75, 3.05) is 0 Å². The average molecular weight is 355 g/mol. The third-order valence-electron chi connectivity index (χ3n) is 2.75. The fourth-order valence-corrected chi connectivity index (χ4v) is 1.85. The number of hydrogen-bond donors (Lipinski definition) is 1. The number of amides is 1. The summed E-state index contributed by atoms with van der Waals surface area (Å²) in [6.45, 7) is 0. The van der Waals surface area contributed by atoms with Crippen LogP contribution in [0.5, 0.6) is 0 Å². The largest absolute Gasteiger partial charge is 0.411 e. The minimum absolute atomic E-state index is 0.0351. The average Bonchev–Trinajstić information content (AvgIpc) is 2.98. The van der Waals surface area contributed by atoms with Crippen molar-refractivity contribution in [3.05, 3.63) is 33.4 Å². The summed E-state index contributed by atoms with van der Waals surface area (Å²) in [6, 6.07) is 6.40. The van der Waals surface area contributed by atoms with E-state index < -0.39 is 17.6 Å². The smallest absolute Gasteiger partial charge is 0.338 e. The number of halogens is 4. The molecule has 17 heavy (non-hydrogen) atoms. The van der Waals surface area contributed by atoms with Gasteiger partial charge in [-0.3, -0.25) is 4.79 Å². The standard InChI is InChI=1S/C11H9F3INO/c12-11(13,14)10(5-6-10)16-9(17)7-1-3-8(15)4-2-7/h1-4H,5-6H2,(H,16,17). The van der Waals surface area contributed by atoms with E-state index in [4.69, 9.17) is 0 Å². The maximum Gasteiger partial charge on any atom is 0.411 e. The van der Waals surface area contributed by atoms with Crippen molar-refractivity contribution in [1.29, 1.82) is 0 Å². The summed E-state index contributed by atoms with van der Waals surface area (Å²) in [6.07, 6.45) is -4.44. The van der Waals surface area contributed by atoms with Crippen molar-refractivity contribution in [3.8, 4) is 0 Å². The number of benzene rings is 1. The Balaban J connectivity index is 2.10. The molecule has 0 saturated heterocycles. The SMILES string of the molecule is O=C(NC1(C(F)(F)F)CC1)c1ccc(I)cc1. The van der Waals surface area contributed by atoms with E-state index in [1.54, 1.807) is 12.1 Å². The second kappa shape index (κ2) is 4.15. The highest BCUT2D eigenvalue weighted by Gasteiger charge is 2.64. The molecule has 0 spiro atoms. The van der Waals surface area contributed by atoms with Gasteiger partial charge in [0.25, 0.3) is 5.91 Å². The zero-order chi connectivity index (χ0) is 12.7. The minimum Gasteiger partial charge on any atom is -0.338 e. The van der Waals surface area contributed by atoms with Gasteiger partial charge in [0, 0.05) is 9.13 Å². The third-order valence-corrected chi connectivity index (χ3v) is 3.47. The Bertz CT molecular complexity index is 437. The van der Waals surface area contributed by atoms with E-state index in [0.29, 0.717) is 0 Å². The van der Waals surface area contributed by atoms with Crippen LogP contribution in [0.2, 0.25) is 0 Å². The lowest BCUT2D eigenvalue weighted by Crippen LogP contribution is -2.47. The number of carbonyl (C=O) groups excluding carboxylic acids is 1. The van der Waals surface area contributed by atoms with Gasteiger partial charge in [-0.2, -0.15) is 13.2 Å². The summed E-state index contributed by atoms with van der Waals surface area (Å²) in [5, 5.41) is 2.08. The van der Waals surface area contributed by atoms with Crippen molar-refractivity contribution in [2.45, 2.75) is 24.6 Å². The summed E-state index contributed by atoms with van der Waals surface area (Å²) in [5.41, 5.74) is -1.74. The van der Waals surface area contributed by atoms with E-state index in [1.807, 2.05) is 0 Å². The highest BCUT2D eigenvalue weighted by atomic mass is 127. The van der Waals surface area contributed by atoms with Crippen molar-refractivity contribution < 1.29 is 18.0 Å². The molecule has 0 aromatic heterocycles. The van der Waals surface area contributed by atoms with E-state index in [0.717, 1.165) is 3.57 Å². The lowest BCUT2D eigenvalue weighted by atomic mass is 10.2. The summed E-state index contributed by atoms with van der Waals surface area (Å²) in [7, 11) is 0. The molecule has 0 aliphatic heterocycles. The van der Waals surface area contributed by atoms with Crippen molar-refractivity contribution in [3.63, 3.8) is 0 Å². The number of hydrogen-bond acceptors (Lipinski definition) is 1. The van der Waals surface area contributed by atoms with Crippen LogP contribution in [0.25, 0.3) is 0 Å². The lowest BCUT2D eigenvalue weighted by Gasteiger charge is -2.20. The molecule has 1 amide bonds. The maximum absolute atomic E-state index is 12.6. The molecule has 0 bridgehead atoms. The van der Waals surface area contributed by atoms with Crippen molar-refractivity contribution in [1.82, 2.24) is 5.32 Å². The van der Waals surface area contributed by atoms with Gasteiger partial charge in [0.05, 0.1) is 0 Å². The zero-order valence-corrected chi connectivity index (χ0v) is 10.8. The molecular formula is C11H9F3INO. The molecule has 1 fully saturated rings. The molecule has 0 heterocycles. The van der Waals surface area contributed by atoms with Gasteiger partial charge in [0.2, 0.25) is 0 Å². The van der Waals surface area contributed by atoms with Gasteiger partial charge >= 0.3 is 6.18 Å². The summed E-state index contributed by atoms with van der Waals surface area (Å²) in [4.78, 5) is 11.6. The Kier molecular flexibility index (Phi) is 3.09. The third kappa shape index (κ3) is 2.56. The summed E-state index contributed by atoms with van der Waals surface area (Å²) >= 11 is 2.06. The van der Waals surface area contributed by atoms with Gasteiger partial charge in [0.15, 0.2) is 0 Å². The molecule has 2 rings (SSSR count). The van der Waals surface area contributed by atoms with Gasteiger partial charge in [0.1, 0.15) is 5.54 Å². The van der Waals surface area contributed by atoms with Crippen molar-refractivity contribution in [2.24, 2.45) is 0 Å². The van der Waals surface area contributed by atoms with Gasteiger partial charge in [-0.05, 0) is 59.7 Å². The summed E-state index contributed by atoms with van der Waals surface area (Å²) < 4.78 is 38.8. The maximum atomic E-state index is 12.6. The molecule has 1 saturated carbocycles. The molecule has 1 aromatic rings. The molecule has 6 heteroatoms. The molecular weight excluding hydrogens is 346 g/mol. The molecule has 92 valence electrons. The van der Waals surface area contributed by atoms with Gasteiger partial charge < -0.3 is 5.32 Å². The first kappa shape index (κ1) is 12.7. The van der Waals surface area contributed by atoms with Crippen LogP contribution >= 0.6 is 22.6 Å². The molecule has 2 nitrogen and oxygen atoms in total. The van der Waals surface area contributed by atoms with Crippen LogP contribution in [0.3, 0.4) is 0 Å². The number of alkyl halides is 3. The summed E-state index contributed by atoms with van der Waals surface area (Å²) in [5.74, 6) is -0.670. The zero-order valence-electron chi connectivity index (χ0n) is 8.64. The molecule has 1 N–H and O–H groups in total. The second-order valence-corrected chi connectivity index (χ2v) is 5.29. The predicted molar refractivity (Wildman–Crippen MR) is 64.6 cm³/mol. The Hall–Kier alpha value is -0.790. The Morgan fingerprint density at radius 3 is 2.18 bits per heavy atom. The monoisotopic (exact) mass is 355 g/mol. The molecule has 0 atom stereocenters. The van der Waals surface area contributed by atoms with Crippen LogP contribution in [0.4, 0.5) is 13.2 Å². The molecule has 1 aliphatic rings. The number of nitrogens with one attached hydrogen (secondary N) is 1. The van der Waals surface area contributed by atoms with Crippen LogP contribution < -0.4 is 5.32 Å². The fraction of sp³-hybridized carbons (Fsp3) is 0.364. The van der Waals surface area contributed by atoms with Gasteiger partial charge in [-0.15, -0.1) is 0 Å².